The summed E-state index contributed by atoms with van der Waals surface area (Å²) in [5.41, 5.74) is 0.619. The zero-order chi connectivity index (χ0) is 10.7. The molecule has 1 heterocycles. The molecule has 1 fully saturated rings. The number of ether oxygens (including phenoxy) is 1. The maximum Gasteiger partial charge on any atom is 0.128 e. The molecule has 2 atom stereocenters. The van der Waals surface area contributed by atoms with Gasteiger partial charge in [-0.25, -0.2) is 4.39 Å². The van der Waals surface area contributed by atoms with Gasteiger partial charge < -0.3 is 15.2 Å². The van der Waals surface area contributed by atoms with E-state index in [-0.39, 0.29) is 24.6 Å². The number of rotatable bonds is 2. The lowest BCUT2D eigenvalue weighted by molar-refractivity contribution is -0.0264. The molecule has 0 saturated carbocycles. The SMILES string of the molecule is OCC1CNC(c2ccccc2F)CO1. The predicted octanol–water partition coefficient (Wildman–Crippen LogP) is 0.847. The lowest BCUT2D eigenvalue weighted by Gasteiger charge is -2.29. The monoisotopic (exact) mass is 211 g/mol. The van der Waals surface area contributed by atoms with E-state index in [4.69, 9.17) is 9.84 Å². The molecule has 82 valence electrons. The standard InChI is InChI=1S/C11H14FNO2/c12-10-4-2-1-3-9(10)11-7-15-8(6-14)5-13-11/h1-4,8,11,13-14H,5-7H2. The van der Waals surface area contributed by atoms with Crippen molar-refractivity contribution >= 4 is 0 Å². The molecule has 15 heavy (non-hydrogen) atoms. The number of morpholine rings is 1. The molecule has 1 aliphatic heterocycles. The average Bonchev–Trinajstić information content (AvgIpc) is 2.30. The summed E-state index contributed by atoms with van der Waals surface area (Å²) in [6.07, 6.45) is -0.173. The van der Waals surface area contributed by atoms with Gasteiger partial charge in [0.05, 0.1) is 25.4 Å². The molecule has 4 heteroatoms. The summed E-state index contributed by atoms with van der Waals surface area (Å²) in [7, 11) is 0. The van der Waals surface area contributed by atoms with Crippen molar-refractivity contribution in [3.05, 3.63) is 35.6 Å². The molecule has 1 aromatic carbocycles. The third kappa shape index (κ3) is 2.34. The van der Waals surface area contributed by atoms with Crippen LogP contribution in [-0.2, 0) is 4.74 Å². The molecule has 0 amide bonds. The molecule has 0 aromatic heterocycles. The Morgan fingerprint density at radius 2 is 2.27 bits per heavy atom. The van der Waals surface area contributed by atoms with Gasteiger partial charge in [-0.05, 0) is 6.07 Å². The minimum Gasteiger partial charge on any atom is -0.394 e. The summed E-state index contributed by atoms with van der Waals surface area (Å²) in [6, 6.07) is 6.54. The zero-order valence-corrected chi connectivity index (χ0v) is 8.32. The number of hydrogen-bond acceptors (Lipinski definition) is 3. The van der Waals surface area contributed by atoms with Crippen molar-refractivity contribution in [2.24, 2.45) is 0 Å². The number of aliphatic hydroxyl groups excluding tert-OH is 1. The quantitative estimate of drug-likeness (QED) is 0.762. The number of nitrogens with one attached hydrogen (secondary N) is 1. The van der Waals surface area contributed by atoms with E-state index < -0.39 is 0 Å². The van der Waals surface area contributed by atoms with E-state index in [1.165, 1.54) is 6.07 Å². The van der Waals surface area contributed by atoms with E-state index in [0.717, 1.165) is 0 Å². The van der Waals surface area contributed by atoms with Crippen molar-refractivity contribution in [3.63, 3.8) is 0 Å². The topological polar surface area (TPSA) is 41.5 Å². The van der Waals surface area contributed by atoms with Crippen molar-refractivity contribution < 1.29 is 14.2 Å². The first-order valence-corrected chi connectivity index (χ1v) is 5.01. The second-order valence-corrected chi connectivity index (χ2v) is 3.62. The largest absolute Gasteiger partial charge is 0.394 e. The maximum absolute atomic E-state index is 13.4. The smallest absolute Gasteiger partial charge is 0.128 e. The van der Waals surface area contributed by atoms with Crippen LogP contribution in [0.3, 0.4) is 0 Å². The van der Waals surface area contributed by atoms with Gasteiger partial charge in [0.2, 0.25) is 0 Å². The molecule has 0 radical (unpaired) electrons. The highest BCUT2D eigenvalue weighted by Crippen LogP contribution is 2.20. The number of hydrogen-bond donors (Lipinski definition) is 2. The fourth-order valence-electron chi connectivity index (χ4n) is 1.70. The molecule has 2 N–H and O–H groups in total. The van der Waals surface area contributed by atoms with Gasteiger partial charge in [0, 0.05) is 12.1 Å². The molecule has 3 nitrogen and oxygen atoms in total. The van der Waals surface area contributed by atoms with Gasteiger partial charge in [-0.15, -0.1) is 0 Å². The van der Waals surface area contributed by atoms with Crippen LogP contribution < -0.4 is 5.32 Å². The third-order valence-electron chi connectivity index (χ3n) is 2.57. The Labute approximate surface area is 87.9 Å². The Kier molecular flexibility index (Phi) is 3.30. The van der Waals surface area contributed by atoms with E-state index in [1.807, 2.05) is 0 Å². The highest BCUT2D eigenvalue weighted by Gasteiger charge is 2.23. The first-order chi connectivity index (χ1) is 7.31. The average molecular weight is 211 g/mol. The fraction of sp³-hybridized carbons (Fsp3) is 0.455. The second kappa shape index (κ2) is 4.70. The molecule has 0 aliphatic carbocycles. The summed E-state index contributed by atoms with van der Waals surface area (Å²) in [6.45, 7) is 0.943. The van der Waals surface area contributed by atoms with Crippen LogP contribution in [-0.4, -0.2) is 31.0 Å². The Balaban J connectivity index is 2.04. The van der Waals surface area contributed by atoms with E-state index in [9.17, 15) is 4.39 Å². The van der Waals surface area contributed by atoms with Crippen LogP contribution in [0.1, 0.15) is 11.6 Å². The lowest BCUT2D eigenvalue weighted by Crippen LogP contribution is -2.43. The van der Waals surface area contributed by atoms with Crippen molar-refractivity contribution in [1.82, 2.24) is 5.32 Å². The molecule has 1 saturated heterocycles. The number of benzene rings is 1. The summed E-state index contributed by atoms with van der Waals surface area (Å²) in [5.74, 6) is -0.221. The van der Waals surface area contributed by atoms with Crippen LogP contribution in [0.5, 0.6) is 0 Å². The van der Waals surface area contributed by atoms with Gasteiger partial charge in [-0.2, -0.15) is 0 Å². The number of halogens is 1. The van der Waals surface area contributed by atoms with Crippen LogP contribution in [0.25, 0.3) is 0 Å². The first kappa shape index (κ1) is 10.5. The van der Waals surface area contributed by atoms with E-state index in [0.29, 0.717) is 18.7 Å². The van der Waals surface area contributed by atoms with Gasteiger partial charge in [0.15, 0.2) is 0 Å². The van der Waals surface area contributed by atoms with Gasteiger partial charge in [-0.1, -0.05) is 18.2 Å². The van der Waals surface area contributed by atoms with Gasteiger partial charge in [-0.3, -0.25) is 0 Å². The molecule has 0 bridgehead atoms. The summed E-state index contributed by atoms with van der Waals surface area (Å²) in [4.78, 5) is 0. The molecule has 2 unspecified atom stereocenters. The highest BCUT2D eigenvalue weighted by molar-refractivity contribution is 5.21. The van der Waals surface area contributed by atoms with E-state index >= 15 is 0 Å². The molecular formula is C11H14FNO2. The predicted molar refractivity (Wildman–Crippen MR) is 54.0 cm³/mol. The minimum absolute atomic E-state index is 0.00298. The minimum atomic E-state index is -0.221. The van der Waals surface area contributed by atoms with Crippen LogP contribution in [0, 0.1) is 5.82 Å². The maximum atomic E-state index is 13.4. The number of aliphatic hydroxyl groups is 1. The third-order valence-corrected chi connectivity index (χ3v) is 2.57. The normalized spacial score (nSPS) is 26.5. The molecule has 0 spiro atoms. The lowest BCUT2D eigenvalue weighted by atomic mass is 10.1. The van der Waals surface area contributed by atoms with Crippen molar-refractivity contribution in [2.45, 2.75) is 12.1 Å². The first-order valence-electron chi connectivity index (χ1n) is 5.01. The zero-order valence-electron chi connectivity index (χ0n) is 8.32. The van der Waals surface area contributed by atoms with Crippen LogP contribution in [0.4, 0.5) is 4.39 Å². The Bertz CT molecular complexity index is 324. The van der Waals surface area contributed by atoms with Gasteiger partial charge in [0.1, 0.15) is 5.82 Å². The Morgan fingerprint density at radius 1 is 1.47 bits per heavy atom. The molecule has 2 rings (SSSR count). The van der Waals surface area contributed by atoms with Gasteiger partial charge in [0.25, 0.3) is 0 Å². The molecule has 1 aliphatic rings. The fourth-order valence-corrected chi connectivity index (χ4v) is 1.70. The van der Waals surface area contributed by atoms with E-state index in [2.05, 4.69) is 5.32 Å². The Morgan fingerprint density at radius 3 is 2.87 bits per heavy atom. The van der Waals surface area contributed by atoms with Crippen LogP contribution >= 0.6 is 0 Å². The summed E-state index contributed by atoms with van der Waals surface area (Å²) >= 11 is 0. The van der Waals surface area contributed by atoms with E-state index in [1.54, 1.807) is 18.2 Å². The summed E-state index contributed by atoms with van der Waals surface area (Å²) < 4.78 is 18.8. The van der Waals surface area contributed by atoms with Crippen LogP contribution in [0.15, 0.2) is 24.3 Å². The summed E-state index contributed by atoms with van der Waals surface area (Å²) in [5, 5.41) is 12.0. The molecular weight excluding hydrogens is 197 g/mol. The molecule has 1 aromatic rings. The second-order valence-electron chi connectivity index (χ2n) is 3.62. The highest BCUT2D eigenvalue weighted by atomic mass is 19.1. The van der Waals surface area contributed by atoms with Crippen LogP contribution in [0.2, 0.25) is 0 Å². The van der Waals surface area contributed by atoms with Gasteiger partial charge >= 0.3 is 0 Å². The Hall–Kier alpha value is -0.970. The van der Waals surface area contributed by atoms with Crippen molar-refractivity contribution in [3.8, 4) is 0 Å². The van der Waals surface area contributed by atoms with Crippen molar-refractivity contribution in [1.29, 1.82) is 0 Å². The van der Waals surface area contributed by atoms with Crippen molar-refractivity contribution in [2.75, 3.05) is 19.8 Å².